The number of rotatable bonds is 5. The van der Waals surface area contributed by atoms with Crippen LogP contribution in [0.2, 0.25) is 0 Å². The van der Waals surface area contributed by atoms with Crippen LogP contribution in [0.15, 0.2) is 78.2 Å². The molecule has 26 heavy (non-hydrogen) atoms. The summed E-state index contributed by atoms with van der Waals surface area (Å²) in [4.78, 5) is 24.2. The summed E-state index contributed by atoms with van der Waals surface area (Å²) >= 11 is 0. The second-order valence-electron chi connectivity index (χ2n) is 5.24. The molecule has 8 heteroatoms. The summed E-state index contributed by atoms with van der Waals surface area (Å²) in [6.45, 7) is 0. The topological polar surface area (TPSA) is 95.1 Å². The van der Waals surface area contributed by atoms with E-state index in [1.807, 2.05) is 0 Å². The summed E-state index contributed by atoms with van der Waals surface area (Å²) < 4.78 is 12.5. The molecular weight excluding hydrogens is 334 g/mol. The number of carbonyl (C=O) groups is 1. The smallest absolute Gasteiger partial charge is 0.291 e. The van der Waals surface area contributed by atoms with Crippen molar-refractivity contribution in [2.24, 2.45) is 0 Å². The Morgan fingerprint density at radius 2 is 2.04 bits per heavy atom. The molecule has 1 amide bonds. The Morgan fingerprint density at radius 1 is 1.15 bits per heavy atom. The van der Waals surface area contributed by atoms with Crippen molar-refractivity contribution < 1.29 is 13.9 Å². The van der Waals surface area contributed by atoms with E-state index >= 15 is 0 Å². The molecule has 0 fully saturated rings. The van der Waals surface area contributed by atoms with Gasteiger partial charge in [-0.15, -0.1) is 0 Å². The minimum absolute atomic E-state index is 0.248. The Morgan fingerprint density at radius 3 is 2.77 bits per heavy atom. The Hall–Kier alpha value is -3.94. The van der Waals surface area contributed by atoms with Crippen LogP contribution in [0.25, 0.3) is 5.82 Å². The van der Waals surface area contributed by atoms with Gasteiger partial charge >= 0.3 is 0 Å². The molecule has 0 unspecified atom stereocenters. The van der Waals surface area contributed by atoms with Gasteiger partial charge in [0.25, 0.3) is 5.91 Å². The Bertz CT molecular complexity index is 996. The van der Waals surface area contributed by atoms with E-state index in [-0.39, 0.29) is 11.7 Å². The highest BCUT2D eigenvalue weighted by molar-refractivity contribution is 6.02. The second-order valence-corrected chi connectivity index (χ2v) is 5.24. The van der Waals surface area contributed by atoms with Gasteiger partial charge in [0.05, 0.1) is 6.26 Å². The SMILES string of the molecule is O=C(Nc1ccc(Oc2cc(-n3ccnc3)ncn2)cc1)c1ccco1. The number of benzene rings is 1. The monoisotopic (exact) mass is 347 g/mol. The molecule has 0 aliphatic carbocycles. The third-order valence-corrected chi connectivity index (χ3v) is 3.48. The summed E-state index contributed by atoms with van der Waals surface area (Å²) in [5.74, 6) is 1.56. The second kappa shape index (κ2) is 6.89. The van der Waals surface area contributed by atoms with Crippen LogP contribution in [0.4, 0.5) is 5.69 Å². The first-order chi connectivity index (χ1) is 12.8. The van der Waals surface area contributed by atoms with Crippen molar-refractivity contribution in [2.45, 2.75) is 0 Å². The van der Waals surface area contributed by atoms with Crippen LogP contribution in [-0.2, 0) is 0 Å². The normalized spacial score (nSPS) is 10.5. The lowest BCUT2D eigenvalue weighted by molar-refractivity contribution is 0.0996. The number of carbonyl (C=O) groups excluding carboxylic acids is 1. The van der Waals surface area contributed by atoms with Gasteiger partial charge in [-0.3, -0.25) is 9.36 Å². The fourth-order valence-electron chi connectivity index (χ4n) is 2.25. The van der Waals surface area contributed by atoms with Crippen LogP contribution in [0.5, 0.6) is 11.6 Å². The van der Waals surface area contributed by atoms with E-state index in [1.165, 1.54) is 12.6 Å². The summed E-state index contributed by atoms with van der Waals surface area (Å²) in [5.41, 5.74) is 0.626. The maximum absolute atomic E-state index is 11.9. The van der Waals surface area contributed by atoms with Gasteiger partial charge in [0.15, 0.2) is 5.76 Å². The molecule has 0 saturated heterocycles. The molecule has 0 bridgehead atoms. The lowest BCUT2D eigenvalue weighted by Gasteiger charge is -2.08. The van der Waals surface area contributed by atoms with E-state index in [9.17, 15) is 4.79 Å². The van der Waals surface area contributed by atoms with E-state index < -0.39 is 0 Å². The first kappa shape index (κ1) is 15.6. The number of anilines is 1. The molecule has 0 spiro atoms. The molecule has 1 aromatic carbocycles. The van der Waals surface area contributed by atoms with Gasteiger partial charge in [0, 0.05) is 24.1 Å². The Labute approximate surface area is 148 Å². The molecule has 8 nitrogen and oxygen atoms in total. The van der Waals surface area contributed by atoms with E-state index in [0.29, 0.717) is 23.1 Å². The van der Waals surface area contributed by atoms with Gasteiger partial charge in [0.1, 0.15) is 24.2 Å². The summed E-state index contributed by atoms with van der Waals surface area (Å²) in [5, 5.41) is 2.74. The van der Waals surface area contributed by atoms with Crippen LogP contribution in [0.3, 0.4) is 0 Å². The number of nitrogens with one attached hydrogen (secondary N) is 1. The average molecular weight is 347 g/mol. The highest BCUT2D eigenvalue weighted by atomic mass is 16.5. The first-order valence-electron chi connectivity index (χ1n) is 7.71. The van der Waals surface area contributed by atoms with Crippen molar-refractivity contribution >= 4 is 11.6 Å². The number of ether oxygens (including phenoxy) is 1. The third-order valence-electron chi connectivity index (χ3n) is 3.48. The molecule has 0 aliphatic rings. The van der Waals surface area contributed by atoms with Gasteiger partial charge in [-0.1, -0.05) is 0 Å². The fraction of sp³-hybridized carbons (Fsp3) is 0. The van der Waals surface area contributed by atoms with Gasteiger partial charge < -0.3 is 14.5 Å². The Balaban J connectivity index is 1.44. The van der Waals surface area contributed by atoms with Gasteiger partial charge in [0.2, 0.25) is 5.88 Å². The van der Waals surface area contributed by atoms with E-state index in [1.54, 1.807) is 65.8 Å². The zero-order chi connectivity index (χ0) is 17.8. The lowest BCUT2D eigenvalue weighted by Crippen LogP contribution is -2.10. The first-order valence-corrected chi connectivity index (χ1v) is 7.71. The molecule has 0 atom stereocenters. The maximum Gasteiger partial charge on any atom is 0.291 e. The van der Waals surface area contributed by atoms with Crippen LogP contribution in [0.1, 0.15) is 10.6 Å². The van der Waals surface area contributed by atoms with Crippen molar-refractivity contribution in [1.82, 2.24) is 19.5 Å². The molecule has 3 aromatic heterocycles. The quantitative estimate of drug-likeness (QED) is 0.595. The molecule has 4 aromatic rings. The fourth-order valence-corrected chi connectivity index (χ4v) is 2.25. The molecule has 1 N–H and O–H groups in total. The molecule has 0 aliphatic heterocycles. The zero-order valence-electron chi connectivity index (χ0n) is 13.4. The highest BCUT2D eigenvalue weighted by Crippen LogP contribution is 2.22. The standard InChI is InChI=1S/C18H13N5O3/c24-18(15-2-1-9-25-15)22-13-3-5-14(6-4-13)26-17-10-16(20-11-21-17)23-8-7-19-12-23/h1-12H,(H,22,24). The molecule has 3 heterocycles. The predicted molar refractivity (Wildman–Crippen MR) is 92.3 cm³/mol. The van der Waals surface area contributed by atoms with Crippen LogP contribution < -0.4 is 10.1 Å². The van der Waals surface area contributed by atoms with Crippen LogP contribution in [0, 0.1) is 0 Å². The molecule has 0 radical (unpaired) electrons. The van der Waals surface area contributed by atoms with E-state index in [4.69, 9.17) is 9.15 Å². The van der Waals surface area contributed by atoms with Gasteiger partial charge in [-0.2, -0.15) is 0 Å². The predicted octanol–water partition coefficient (Wildman–Crippen LogP) is 3.30. The van der Waals surface area contributed by atoms with Crippen molar-refractivity contribution in [1.29, 1.82) is 0 Å². The van der Waals surface area contributed by atoms with Gasteiger partial charge in [-0.25, -0.2) is 15.0 Å². The summed E-state index contributed by atoms with van der Waals surface area (Å²) in [6.07, 6.45) is 7.96. The van der Waals surface area contributed by atoms with Crippen molar-refractivity contribution in [3.05, 3.63) is 79.5 Å². The van der Waals surface area contributed by atoms with Crippen LogP contribution >= 0.6 is 0 Å². The average Bonchev–Trinajstić information content (AvgIpc) is 3.38. The lowest BCUT2D eigenvalue weighted by atomic mass is 10.3. The van der Waals surface area contributed by atoms with E-state index in [2.05, 4.69) is 20.3 Å². The Kier molecular flexibility index (Phi) is 4.13. The number of hydrogen-bond acceptors (Lipinski definition) is 6. The minimum atomic E-state index is -0.315. The highest BCUT2D eigenvalue weighted by Gasteiger charge is 2.09. The molecule has 128 valence electrons. The molecular formula is C18H13N5O3. The van der Waals surface area contributed by atoms with Crippen LogP contribution in [-0.4, -0.2) is 25.4 Å². The third kappa shape index (κ3) is 3.44. The largest absolute Gasteiger partial charge is 0.459 e. The maximum atomic E-state index is 11.9. The number of hydrogen-bond donors (Lipinski definition) is 1. The molecule has 4 rings (SSSR count). The molecule has 0 saturated carbocycles. The van der Waals surface area contributed by atoms with Crippen molar-refractivity contribution in [3.8, 4) is 17.4 Å². The van der Waals surface area contributed by atoms with Gasteiger partial charge in [-0.05, 0) is 36.4 Å². The van der Waals surface area contributed by atoms with Crippen molar-refractivity contribution in [3.63, 3.8) is 0 Å². The van der Waals surface area contributed by atoms with E-state index in [0.717, 1.165) is 0 Å². The summed E-state index contributed by atoms with van der Waals surface area (Å²) in [6, 6.07) is 11.9. The number of imidazole rings is 1. The number of aromatic nitrogens is 4. The zero-order valence-corrected chi connectivity index (χ0v) is 13.4. The minimum Gasteiger partial charge on any atom is -0.459 e. The summed E-state index contributed by atoms with van der Waals surface area (Å²) in [7, 11) is 0. The number of furan rings is 1. The number of amides is 1. The number of nitrogens with zero attached hydrogens (tertiary/aromatic N) is 4. The van der Waals surface area contributed by atoms with Crippen molar-refractivity contribution in [2.75, 3.05) is 5.32 Å².